The number of carbonyl (C=O) groups is 3. The number of fused-ring (bicyclic) bond motifs is 2. The number of aliphatic hydroxyl groups excluding tert-OH is 1. The third kappa shape index (κ3) is 3.87. The first-order valence-corrected chi connectivity index (χ1v) is 13.0. The van der Waals surface area contributed by atoms with Gasteiger partial charge in [-0.05, 0) is 45.2 Å². The fourth-order valence-corrected chi connectivity index (χ4v) is 6.27. The molecule has 3 amide bonds. The molecule has 2 saturated heterocycles. The number of benzene rings is 1. The molecule has 5 atom stereocenters. The number of para-hydroxylation sites is 1. The molecule has 192 valence electrons. The predicted octanol–water partition coefficient (Wildman–Crippen LogP) is 2.14. The van der Waals surface area contributed by atoms with E-state index in [2.05, 4.69) is 0 Å². The molecule has 4 aliphatic heterocycles. The summed E-state index contributed by atoms with van der Waals surface area (Å²) in [7, 11) is 0. The number of carbonyl (C=O) groups excluding carboxylic acids is 3. The molecule has 5 rings (SSSR count). The van der Waals surface area contributed by atoms with E-state index in [-0.39, 0.29) is 30.4 Å². The molecule has 1 spiro atoms. The maximum atomic E-state index is 14.1. The van der Waals surface area contributed by atoms with Gasteiger partial charge in [-0.2, -0.15) is 0 Å². The molecule has 0 bridgehead atoms. The Morgan fingerprint density at radius 3 is 2.50 bits per heavy atom. The second-order valence-electron chi connectivity index (χ2n) is 10.4. The van der Waals surface area contributed by atoms with E-state index >= 15 is 0 Å². The van der Waals surface area contributed by atoms with E-state index in [1.807, 2.05) is 68.5 Å². The number of likely N-dealkylation sites (tertiary alicyclic amines) is 1. The molecule has 0 radical (unpaired) electrons. The number of anilines is 1. The lowest BCUT2D eigenvalue weighted by atomic mass is 9.77. The maximum Gasteiger partial charge on any atom is 0.249 e. The van der Waals surface area contributed by atoms with Crippen molar-refractivity contribution >= 4 is 23.4 Å². The van der Waals surface area contributed by atoms with Gasteiger partial charge in [0, 0.05) is 38.0 Å². The highest BCUT2D eigenvalue weighted by Crippen LogP contribution is 2.53. The van der Waals surface area contributed by atoms with Crippen molar-refractivity contribution in [2.24, 2.45) is 11.8 Å². The van der Waals surface area contributed by atoms with Crippen molar-refractivity contribution in [3.63, 3.8) is 0 Å². The van der Waals surface area contributed by atoms with Crippen LogP contribution >= 0.6 is 0 Å². The van der Waals surface area contributed by atoms with Crippen LogP contribution in [0, 0.1) is 11.8 Å². The Hall–Kier alpha value is -2.97. The summed E-state index contributed by atoms with van der Waals surface area (Å²) in [5, 5.41) is 9.19. The average Bonchev–Trinajstić information content (AvgIpc) is 3.17. The summed E-state index contributed by atoms with van der Waals surface area (Å²) < 4.78 is 6.65. The van der Waals surface area contributed by atoms with Crippen molar-refractivity contribution in [2.75, 3.05) is 31.1 Å². The van der Waals surface area contributed by atoms with E-state index in [4.69, 9.17) is 4.74 Å². The van der Waals surface area contributed by atoms with Crippen LogP contribution in [0.2, 0.25) is 0 Å². The van der Waals surface area contributed by atoms with Crippen LogP contribution in [0.3, 0.4) is 0 Å². The Balaban J connectivity index is 1.55. The van der Waals surface area contributed by atoms with Gasteiger partial charge in [0.05, 0.1) is 17.9 Å². The number of amides is 3. The molecule has 0 aliphatic carbocycles. The zero-order valence-corrected chi connectivity index (χ0v) is 21.0. The molecular formula is C28H35N3O5. The highest BCUT2D eigenvalue weighted by atomic mass is 16.5. The number of unbranched alkanes of at least 4 members (excludes halogenated alkanes) is 2. The Kier molecular flexibility index (Phi) is 6.74. The van der Waals surface area contributed by atoms with E-state index < -0.39 is 29.6 Å². The third-order valence-electron chi connectivity index (χ3n) is 7.94. The molecule has 1 N–H and O–H groups in total. The summed E-state index contributed by atoms with van der Waals surface area (Å²) in [4.78, 5) is 47.2. The SMILES string of the molecule is CC(C)N1CC=C[C@]23O[C@@H]4C=CCN(c5ccccc5)C(=O)[C@@H]4[C@H]2C(=O)N(CCCCCO)C3C1=O. The third-order valence-corrected chi connectivity index (χ3v) is 7.94. The fraction of sp³-hybridized carbons (Fsp3) is 0.536. The number of hydrogen-bond acceptors (Lipinski definition) is 5. The molecule has 4 aliphatic rings. The number of rotatable bonds is 7. The van der Waals surface area contributed by atoms with E-state index in [0.29, 0.717) is 32.5 Å². The normalized spacial score (nSPS) is 31.6. The van der Waals surface area contributed by atoms with Crippen LogP contribution in [0.15, 0.2) is 54.6 Å². The van der Waals surface area contributed by atoms with Crippen LogP contribution in [-0.2, 0) is 19.1 Å². The highest BCUT2D eigenvalue weighted by molar-refractivity contribution is 6.03. The van der Waals surface area contributed by atoms with Crippen molar-refractivity contribution in [1.29, 1.82) is 0 Å². The highest BCUT2D eigenvalue weighted by Gasteiger charge is 2.71. The maximum absolute atomic E-state index is 14.1. The lowest BCUT2D eigenvalue weighted by Crippen LogP contribution is -2.56. The minimum atomic E-state index is -1.19. The monoisotopic (exact) mass is 493 g/mol. The van der Waals surface area contributed by atoms with E-state index in [1.54, 1.807) is 14.7 Å². The van der Waals surface area contributed by atoms with Crippen LogP contribution < -0.4 is 4.90 Å². The first-order chi connectivity index (χ1) is 17.4. The fourth-order valence-electron chi connectivity index (χ4n) is 6.27. The summed E-state index contributed by atoms with van der Waals surface area (Å²) in [5.74, 6) is -1.99. The van der Waals surface area contributed by atoms with Crippen LogP contribution in [0.1, 0.15) is 33.1 Å². The first kappa shape index (κ1) is 24.7. The molecule has 1 unspecified atom stereocenters. The van der Waals surface area contributed by atoms with Crippen molar-refractivity contribution in [3.8, 4) is 0 Å². The predicted molar refractivity (Wildman–Crippen MR) is 135 cm³/mol. The summed E-state index contributed by atoms with van der Waals surface area (Å²) in [6.45, 7) is 5.25. The van der Waals surface area contributed by atoms with Gasteiger partial charge in [-0.25, -0.2) is 0 Å². The lowest BCUT2D eigenvalue weighted by Gasteiger charge is -2.36. The molecule has 0 aromatic heterocycles. The number of ether oxygens (including phenoxy) is 1. The summed E-state index contributed by atoms with van der Waals surface area (Å²) in [5.41, 5.74) is -0.417. The number of hydrogen-bond donors (Lipinski definition) is 1. The molecule has 1 aromatic carbocycles. The Morgan fingerprint density at radius 1 is 1.00 bits per heavy atom. The summed E-state index contributed by atoms with van der Waals surface area (Å²) in [6.07, 6.45) is 9.09. The molecule has 36 heavy (non-hydrogen) atoms. The summed E-state index contributed by atoms with van der Waals surface area (Å²) >= 11 is 0. The smallest absolute Gasteiger partial charge is 0.249 e. The molecule has 1 aromatic rings. The molecule has 4 heterocycles. The summed E-state index contributed by atoms with van der Waals surface area (Å²) in [6, 6.07) is 8.60. The first-order valence-electron chi connectivity index (χ1n) is 13.0. The van der Waals surface area contributed by atoms with Crippen molar-refractivity contribution < 1.29 is 24.2 Å². The lowest BCUT2D eigenvalue weighted by molar-refractivity contribution is -0.148. The Labute approximate surface area is 212 Å². The zero-order valence-electron chi connectivity index (χ0n) is 21.0. The van der Waals surface area contributed by atoms with Gasteiger partial charge >= 0.3 is 0 Å². The quantitative estimate of drug-likeness (QED) is 0.464. The van der Waals surface area contributed by atoms with Gasteiger partial charge in [-0.1, -0.05) is 42.5 Å². The van der Waals surface area contributed by atoms with Crippen molar-refractivity contribution in [3.05, 3.63) is 54.6 Å². The van der Waals surface area contributed by atoms with Gasteiger partial charge < -0.3 is 24.5 Å². The van der Waals surface area contributed by atoms with Gasteiger partial charge in [0.2, 0.25) is 17.7 Å². The van der Waals surface area contributed by atoms with E-state index in [0.717, 1.165) is 12.1 Å². The second kappa shape index (κ2) is 9.82. The largest absolute Gasteiger partial charge is 0.396 e. The van der Waals surface area contributed by atoms with Crippen LogP contribution in [0.25, 0.3) is 0 Å². The minimum absolute atomic E-state index is 0.0373. The average molecular weight is 494 g/mol. The van der Waals surface area contributed by atoms with Crippen LogP contribution in [0.5, 0.6) is 0 Å². The Bertz CT molecular complexity index is 1070. The van der Waals surface area contributed by atoms with Crippen LogP contribution in [-0.4, -0.2) is 82.7 Å². The van der Waals surface area contributed by atoms with Gasteiger partial charge in [-0.15, -0.1) is 0 Å². The van der Waals surface area contributed by atoms with Crippen molar-refractivity contribution in [1.82, 2.24) is 9.80 Å². The number of aliphatic hydroxyl groups is 1. The Morgan fingerprint density at radius 2 is 1.78 bits per heavy atom. The zero-order chi connectivity index (χ0) is 25.4. The molecule has 2 fully saturated rings. The van der Waals surface area contributed by atoms with Gasteiger partial charge in [0.25, 0.3) is 0 Å². The standard InChI is InChI=1S/C28H35N3O5/c1-19(2)29-17-10-14-28-23(26(34)31(24(28)27(29)35)15-7-4-8-18-32)22-21(36-28)13-9-16-30(25(22)33)20-11-5-3-6-12-20/h3,5-6,9-14,19,21-24,32H,4,7-8,15-18H2,1-2H3/t21-,22+,23+,24?,28+/m1/s1. The minimum Gasteiger partial charge on any atom is -0.396 e. The molecule has 0 saturated carbocycles. The molecule has 8 heteroatoms. The van der Waals surface area contributed by atoms with E-state index in [1.165, 1.54) is 0 Å². The van der Waals surface area contributed by atoms with Crippen molar-refractivity contribution in [2.45, 2.75) is 56.9 Å². The molecular weight excluding hydrogens is 458 g/mol. The van der Waals surface area contributed by atoms with Crippen LogP contribution in [0.4, 0.5) is 5.69 Å². The van der Waals surface area contributed by atoms with Gasteiger partial charge in [0.1, 0.15) is 11.6 Å². The van der Waals surface area contributed by atoms with E-state index in [9.17, 15) is 19.5 Å². The van der Waals surface area contributed by atoms with Gasteiger partial charge in [-0.3, -0.25) is 14.4 Å². The molecule has 8 nitrogen and oxygen atoms in total. The second-order valence-corrected chi connectivity index (χ2v) is 10.4. The number of nitrogens with zero attached hydrogens (tertiary/aromatic N) is 3. The van der Waals surface area contributed by atoms with Gasteiger partial charge in [0.15, 0.2) is 0 Å². The topological polar surface area (TPSA) is 90.4 Å².